The van der Waals surface area contributed by atoms with Crippen molar-refractivity contribution in [1.82, 2.24) is 10.2 Å². The molecule has 2 amide bonds. The molecular formula is C17H28N6O5. The third-order valence-corrected chi connectivity index (χ3v) is 4.30. The number of hydrogen-bond donors (Lipinski definition) is 2. The largest absolute Gasteiger partial charge is 0.480 e. The molecule has 0 bridgehead atoms. The Balaban J connectivity index is 1.98. The van der Waals surface area contributed by atoms with Crippen molar-refractivity contribution < 1.29 is 24.2 Å². The second-order valence-electron chi connectivity index (χ2n) is 8.46. The van der Waals surface area contributed by atoms with Gasteiger partial charge in [0.05, 0.1) is 6.54 Å². The van der Waals surface area contributed by atoms with Crippen LogP contribution in [0.5, 0.6) is 0 Å². The molecule has 11 nitrogen and oxygen atoms in total. The molecule has 2 aliphatic heterocycles. The number of carbonyl (C=O) groups is 3. The molecule has 0 fully saturated rings. The van der Waals surface area contributed by atoms with Gasteiger partial charge in [-0.15, -0.1) is 0 Å². The lowest BCUT2D eigenvalue weighted by molar-refractivity contribution is -0.141. The number of carboxylic acid groups (broad SMARTS) is 1. The first-order valence-corrected chi connectivity index (χ1v) is 9.19. The van der Waals surface area contributed by atoms with Gasteiger partial charge in [-0.25, -0.2) is 9.59 Å². The number of hydrogen-bond acceptors (Lipinski definition) is 8. The van der Waals surface area contributed by atoms with Gasteiger partial charge in [-0.2, -0.15) is 20.5 Å². The summed E-state index contributed by atoms with van der Waals surface area (Å²) < 4.78 is 5.11. The van der Waals surface area contributed by atoms with Gasteiger partial charge in [-0.3, -0.25) is 4.79 Å². The molecule has 28 heavy (non-hydrogen) atoms. The van der Waals surface area contributed by atoms with E-state index in [0.29, 0.717) is 12.8 Å². The first-order valence-electron chi connectivity index (χ1n) is 9.19. The number of carboxylic acids is 1. The SMILES string of the molecule is CC1(CCC(=O)N(CCC2(C)N=N2)C[C@H](NC(=O)OC(C)(C)C)C(=O)O)N=N1. The van der Waals surface area contributed by atoms with Gasteiger partial charge < -0.3 is 20.1 Å². The first-order chi connectivity index (χ1) is 12.8. The first kappa shape index (κ1) is 21.7. The lowest BCUT2D eigenvalue weighted by atomic mass is 10.1. The summed E-state index contributed by atoms with van der Waals surface area (Å²) in [5.74, 6) is -1.49. The zero-order valence-electron chi connectivity index (χ0n) is 16.9. The zero-order valence-corrected chi connectivity index (χ0v) is 16.9. The highest BCUT2D eigenvalue weighted by Crippen LogP contribution is 2.33. The van der Waals surface area contributed by atoms with Gasteiger partial charge in [0.1, 0.15) is 11.6 Å². The Morgan fingerprint density at radius 2 is 1.61 bits per heavy atom. The van der Waals surface area contributed by atoms with Crippen LogP contribution in [0, 0.1) is 0 Å². The maximum atomic E-state index is 12.7. The number of amides is 2. The van der Waals surface area contributed by atoms with Crippen LogP contribution in [0.3, 0.4) is 0 Å². The summed E-state index contributed by atoms with van der Waals surface area (Å²) in [4.78, 5) is 37.7. The fraction of sp³-hybridized carbons (Fsp3) is 0.824. The predicted octanol–water partition coefficient (Wildman–Crippen LogP) is 2.33. The molecule has 2 N–H and O–H groups in total. The summed E-state index contributed by atoms with van der Waals surface area (Å²) in [7, 11) is 0. The second kappa shape index (κ2) is 7.80. The highest BCUT2D eigenvalue weighted by molar-refractivity contribution is 5.82. The monoisotopic (exact) mass is 396 g/mol. The van der Waals surface area contributed by atoms with Gasteiger partial charge in [-0.1, -0.05) is 0 Å². The highest BCUT2D eigenvalue weighted by Gasteiger charge is 2.37. The van der Waals surface area contributed by atoms with Gasteiger partial charge in [0.25, 0.3) is 0 Å². The smallest absolute Gasteiger partial charge is 0.408 e. The van der Waals surface area contributed by atoms with Gasteiger partial charge in [0, 0.05) is 25.8 Å². The molecule has 2 aliphatic rings. The third-order valence-electron chi connectivity index (χ3n) is 4.30. The summed E-state index contributed by atoms with van der Waals surface area (Å²) >= 11 is 0. The van der Waals surface area contributed by atoms with Crippen molar-refractivity contribution in [3.8, 4) is 0 Å². The molecule has 0 aromatic rings. The molecule has 11 heteroatoms. The highest BCUT2D eigenvalue weighted by atomic mass is 16.6. The second-order valence-corrected chi connectivity index (χ2v) is 8.46. The Hall–Kier alpha value is -2.59. The fourth-order valence-electron chi connectivity index (χ4n) is 2.39. The fourth-order valence-corrected chi connectivity index (χ4v) is 2.39. The van der Waals surface area contributed by atoms with E-state index < -0.39 is 35.0 Å². The number of ether oxygens (including phenoxy) is 1. The summed E-state index contributed by atoms with van der Waals surface area (Å²) in [6, 6.07) is -1.30. The molecule has 0 aromatic carbocycles. The molecule has 0 aliphatic carbocycles. The third kappa shape index (κ3) is 7.20. The summed E-state index contributed by atoms with van der Waals surface area (Å²) in [6.45, 7) is 8.76. The molecule has 0 saturated carbocycles. The number of rotatable bonds is 10. The number of aliphatic carboxylic acids is 1. The molecular weight excluding hydrogens is 368 g/mol. The Morgan fingerprint density at radius 1 is 1.07 bits per heavy atom. The Morgan fingerprint density at radius 3 is 2.07 bits per heavy atom. The zero-order chi connectivity index (χ0) is 21.2. The topological polar surface area (TPSA) is 145 Å². The van der Waals surface area contributed by atoms with Crippen molar-refractivity contribution >= 4 is 18.0 Å². The summed E-state index contributed by atoms with van der Waals surface area (Å²) in [6.07, 6.45) is 0.247. The molecule has 0 saturated heterocycles. The van der Waals surface area contributed by atoms with E-state index in [1.165, 1.54) is 4.90 Å². The molecule has 2 rings (SSSR count). The average Bonchev–Trinajstić information content (AvgIpc) is 3.46. The van der Waals surface area contributed by atoms with Gasteiger partial charge in [0.15, 0.2) is 11.3 Å². The molecule has 2 heterocycles. The summed E-state index contributed by atoms with van der Waals surface area (Å²) in [5.41, 5.74) is -1.81. The van der Waals surface area contributed by atoms with Crippen molar-refractivity contribution in [3.05, 3.63) is 0 Å². The van der Waals surface area contributed by atoms with Crippen LogP contribution >= 0.6 is 0 Å². The molecule has 0 radical (unpaired) electrons. The predicted molar refractivity (Wildman–Crippen MR) is 97.7 cm³/mol. The molecule has 1 atom stereocenters. The van der Waals surface area contributed by atoms with Crippen LogP contribution < -0.4 is 5.32 Å². The lowest BCUT2D eigenvalue weighted by Crippen LogP contribution is -2.51. The van der Waals surface area contributed by atoms with Crippen LogP contribution in [0.4, 0.5) is 4.79 Å². The Kier molecular flexibility index (Phi) is 6.05. The number of nitrogens with zero attached hydrogens (tertiary/aromatic N) is 5. The van der Waals surface area contributed by atoms with Crippen LogP contribution in [0.15, 0.2) is 20.5 Å². The van der Waals surface area contributed by atoms with Crippen LogP contribution in [-0.2, 0) is 14.3 Å². The van der Waals surface area contributed by atoms with E-state index in [4.69, 9.17) is 4.74 Å². The standard InChI is InChI=1S/C17H28N6O5/c1-15(2,3)28-14(27)18-11(13(25)26)10-23(9-8-17(5)21-22-17)12(24)6-7-16(4)19-20-16/h11H,6-10H2,1-5H3,(H,18,27)(H,25,26)/t11-/m0/s1. The van der Waals surface area contributed by atoms with Crippen LogP contribution in [0.1, 0.15) is 53.9 Å². The van der Waals surface area contributed by atoms with Gasteiger partial charge >= 0.3 is 12.1 Å². The van der Waals surface area contributed by atoms with Gasteiger partial charge in [-0.05, 0) is 34.6 Å². The van der Waals surface area contributed by atoms with E-state index in [9.17, 15) is 19.5 Å². The number of alkyl carbamates (subject to hydrolysis) is 1. The molecule has 0 spiro atoms. The van der Waals surface area contributed by atoms with E-state index in [2.05, 4.69) is 25.8 Å². The number of nitrogens with one attached hydrogen (secondary N) is 1. The van der Waals surface area contributed by atoms with Crippen molar-refractivity contribution in [2.45, 2.75) is 76.8 Å². The van der Waals surface area contributed by atoms with Crippen LogP contribution in [0.2, 0.25) is 0 Å². The molecule has 0 unspecified atom stereocenters. The van der Waals surface area contributed by atoms with E-state index >= 15 is 0 Å². The van der Waals surface area contributed by atoms with E-state index in [0.717, 1.165) is 0 Å². The molecule has 156 valence electrons. The minimum absolute atomic E-state index is 0.174. The van der Waals surface area contributed by atoms with Crippen molar-refractivity contribution in [1.29, 1.82) is 0 Å². The minimum Gasteiger partial charge on any atom is -0.480 e. The van der Waals surface area contributed by atoms with E-state index in [1.54, 1.807) is 20.8 Å². The maximum Gasteiger partial charge on any atom is 0.408 e. The summed E-state index contributed by atoms with van der Waals surface area (Å²) in [5, 5.41) is 27.4. The van der Waals surface area contributed by atoms with Crippen molar-refractivity contribution in [2.75, 3.05) is 13.1 Å². The van der Waals surface area contributed by atoms with Crippen molar-refractivity contribution in [2.24, 2.45) is 20.5 Å². The van der Waals surface area contributed by atoms with Crippen molar-refractivity contribution in [3.63, 3.8) is 0 Å². The van der Waals surface area contributed by atoms with E-state index in [1.807, 2.05) is 13.8 Å². The normalized spacial score (nSPS) is 18.9. The lowest BCUT2D eigenvalue weighted by Gasteiger charge is -2.28. The van der Waals surface area contributed by atoms with Crippen LogP contribution in [-0.4, -0.2) is 64.0 Å². The molecule has 0 aromatic heterocycles. The minimum atomic E-state index is -1.30. The van der Waals surface area contributed by atoms with E-state index in [-0.39, 0.29) is 25.4 Å². The van der Waals surface area contributed by atoms with Crippen LogP contribution in [0.25, 0.3) is 0 Å². The average molecular weight is 396 g/mol. The quantitative estimate of drug-likeness (QED) is 0.582. The van der Waals surface area contributed by atoms with Gasteiger partial charge in [0.2, 0.25) is 5.91 Å². The number of carbonyl (C=O) groups excluding carboxylic acids is 2. The Bertz CT molecular complexity index is 687. The Labute approximate surface area is 163 Å². The maximum absolute atomic E-state index is 12.7.